The molecule has 7 nitrogen and oxygen atoms in total. The van der Waals surface area contributed by atoms with Crippen LogP contribution in [-0.2, 0) is 15.8 Å². The Morgan fingerprint density at radius 3 is 2.26 bits per heavy atom. The number of hydrogen-bond acceptors (Lipinski definition) is 7. The van der Waals surface area contributed by atoms with Crippen LogP contribution >= 0.6 is 0 Å². The van der Waals surface area contributed by atoms with Gasteiger partial charge in [0, 0.05) is 0 Å². The molecular weight excluding hydrogens is 500 g/mol. The van der Waals surface area contributed by atoms with Crippen molar-refractivity contribution in [3.8, 4) is 22.6 Å². The molecule has 9 heteroatoms. The second-order valence-electron chi connectivity index (χ2n) is 11.6. The molecule has 1 N–H and O–H groups in total. The van der Waals surface area contributed by atoms with Crippen LogP contribution in [0.5, 0.6) is 0 Å². The van der Waals surface area contributed by atoms with Crippen LogP contribution < -0.4 is 0 Å². The van der Waals surface area contributed by atoms with Crippen molar-refractivity contribution < 1.29 is 18.6 Å². The van der Waals surface area contributed by atoms with Gasteiger partial charge in [-0.25, -0.2) is 8.78 Å². The molecule has 39 heavy (non-hydrogen) atoms. The lowest BCUT2D eigenvalue weighted by atomic mass is 9.47. The normalized spacial score (nSPS) is 24.2. The molecule has 1 saturated carbocycles. The maximum atomic E-state index is 14.6. The van der Waals surface area contributed by atoms with E-state index in [0.717, 1.165) is 36.2 Å². The summed E-state index contributed by atoms with van der Waals surface area (Å²) < 4.78 is 34.3. The summed E-state index contributed by atoms with van der Waals surface area (Å²) in [6.45, 7) is 4.88. The number of aliphatic hydroxyl groups is 1. The van der Waals surface area contributed by atoms with Gasteiger partial charge < -0.3 is 9.84 Å². The second-order valence-corrected chi connectivity index (χ2v) is 11.6. The fourth-order valence-corrected chi connectivity index (χ4v) is 6.81. The highest BCUT2D eigenvalue weighted by atomic mass is 19.1. The topological polar surface area (TPSA) is 93.9 Å². The summed E-state index contributed by atoms with van der Waals surface area (Å²) in [4.78, 5) is 5.09. The highest BCUT2D eigenvalue weighted by Gasteiger charge is 2.59. The van der Waals surface area contributed by atoms with E-state index in [9.17, 15) is 13.9 Å². The van der Waals surface area contributed by atoms with Crippen LogP contribution in [0.1, 0.15) is 61.7 Å². The molecule has 1 aromatic carbocycles. The molecule has 3 aliphatic carbocycles. The first-order valence-corrected chi connectivity index (χ1v) is 13.2. The number of ether oxygens (including phenoxy) is 1. The van der Waals surface area contributed by atoms with E-state index in [-0.39, 0.29) is 35.8 Å². The van der Waals surface area contributed by atoms with Gasteiger partial charge in [0.1, 0.15) is 17.3 Å². The van der Waals surface area contributed by atoms with E-state index in [4.69, 9.17) is 9.72 Å². The highest BCUT2D eigenvalue weighted by molar-refractivity contribution is 5.63. The molecule has 2 bridgehead atoms. The molecule has 2 atom stereocenters. The van der Waals surface area contributed by atoms with Crippen molar-refractivity contribution in [2.45, 2.75) is 50.0 Å². The molecule has 4 aromatic rings. The molecule has 0 spiro atoms. The highest BCUT2D eigenvalue weighted by Crippen LogP contribution is 2.64. The number of nitrogens with zero attached hydrogens (tertiary/aromatic N) is 5. The van der Waals surface area contributed by atoms with Crippen LogP contribution in [0.15, 0.2) is 54.6 Å². The van der Waals surface area contributed by atoms with Gasteiger partial charge in [0.25, 0.3) is 0 Å². The van der Waals surface area contributed by atoms with Crippen molar-refractivity contribution in [2.24, 2.45) is 5.41 Å². The molecular formula is C30H27F2N5O2. The van der Waals surface area contributed by atoms with Crippen molar-refractivity contribution in [3.05, 3.63) is 88.9 Å². The number of benzene rings is 1. The van der Waals surface area contributed by atoms with E-state index in [2.05, 4.69) is 34.2 Å². The minimum Gasteiger partial charge on any atom is -0.379 e. The van der Waals surface area contributed by atoms with Crippen molar-refractivity contribution in [1.29, 1.82) is 0 Å². The fraction of sp³-hybridized carbons (Fsp3) is 0.367. The molecule has 4 aliphatic rings. The third-order valence-electron chi connectivity index (χ3n) is 8.94. The average Bonchev–Trinajstić information content (AvgIpc) is 2.92. The van der Waals surface area contributed by atoms with Gasteiger partial charge >= 0.3 is 0 Å². The van der Waals surface area contributed by atoms with Crippen LogP contribution in [-0.4, -0.2) is 43.7 Å². The Bertz CT molecular complexity index is 1590. The largest absolute Gasteiger partial charge is 0.379 e. The van der Waals surface area contributed by atoms with Gasteiger partial charge in [0.2, 0.25) is 0 Å². The third kappa shape index (κ3) is 3.49. The van der Waals surface area contributed by atoms with E-state index >= 15 is 0 Å². The minimum atomic E-state index is -1.09. The zero-order valence-electron chi connectivity index (χ0n) is 21.7. The molecule has 1 saturated heterocycles. The summed E-state index contributed by atoms with van der Waals surface area (Å²) in [6.07, 6.45) is 2.65. The Morgan fingerprint density at radius 2 is 1.59 bits per heavy atom. The first-order valence-electron chi connectivity index (χ1n) is 13.2. The monoisotopic (exact) mass is 527 g/mol. The predicted molar refractivity (Wildman–Crippen MR) is 139 cm³/mol. The molecule has 198 valence electrons. The fourth-order valence-electron chi connectivity index (χ4n) is 6.81. The first-order chi connectivity index (χ1) is 18.7. The van der Waals surface area contributed by atoms with Crippen LogP contribution in [0.4, 0.5) is 8.78 Å². The Balaban J connectivity index is 1.33. The van der Waals surface area contributed by atoms with Gasteiger partial charge in [-0.15, -0.1) is 10.2 Å². The van der Waals surface area contributed by atoms with E-state index < -0.39 is 22.7 Å². The van der Waals surface area contributed by atoms with Crippen molar-refractivity contribution in [1.82, 2.24) is 25.4 Å². The summed E-state index contributed by atoms with van der Waals surface area (Å²) in [5.41, 5.74) is 2.68. The summed E-state index contributed by atoms with van der Waals surface area (Å²) in [5, 5.41) is 28.1. The molecule has 1 aliphatic heterocycles. The summed E-state index contributed by atoms with van der Waals surface area (Å²) >= 11 is 0. The van der Waals surface area contributed by atoms with Crippen LogP contribution in [0, 0.1) is 17.0 Å². The van der Waals surface area contributed by atoms with Gasteiger partial charge in [-0.1, -0.05) is 26.0 Å². The molecule has 0 radical (unpaired) electrons. The molecule has 2 fully saturated rings. The number of fused-ring (bicyclic) bond motifs is 2. The van der Waals surface area contributed by atoms with Crippen molar-refractivity contribution >= 4 is 0 Å². The Hall–Kier alpha value is -3.69. The van der Waals surface area contributed by atoms with E-state index in [1.165, 1.54) is 18.2 Å². The third-order valence-corrected chi connectivity index (χ3v) is 8.94. The van der Waals surface area contributed by atoms with E-state index in [0.29, 0.717) is 17.1 Å². The SMILES string of the molecule is CC1(C)C[C@H]2CC[C@]1(c1cccc(-c3ccc(C4(O)COC4)nn3)n1)c1nnc(-c3c(F)cccc3F)cc12. The molecule has 8 rings (SSSR count). The average molecular weight is 528 g/mol. The Labute approximate surface area is 224 Å². The van der Waals surface area contributed by atoms with Crippen LogP contribution in [0.3, 0.4) is 0 Å². The van der Waals surface area contributed by atoms with Gasteiger partial charge in [-0.2, -0.15) is 10.2 Å². The van der Waals surface area contributed by atoms with Crippen LogP contribution in [0.25, 0.3) is 22.6 Å². The molecule has 0 unspecified atom stereocenters. The summed E-state index contributed by atoms with van der Waals surface area (Å²) in [5.74, 6) is -1.08. The Morgan fingerprint density at radius 1 is 0.846 bits per heavy atom. The van der Waals surface area contributed by atoms with Gasteiger partial charge in [-0.05, 0) is 78.6 Å². The predicted octanol–water partition coefficient (Wildman–Crippen LogP) is 5.09. The number of hydrogen-bond donors (Lipinski definition) is 1. The second kappa shape index (κ2) is 8.40. The molecule has 3 aromatic heterocycles. The molecule has 4 heterocycles. The lowest BCUT2D eigenvalue weighted by Crippen LogP contribution is -2.53. The summed E-state index contributed by atoms with van der Waals surface area (Å²) in [7, 11) is 0. The van der Waals surface area contributed by atoms with Gasteiger partial charge in [-0.3, -0.25) is 4.98 Å². The van der Waals surface area contributed by atoms with Gasteiger partial charge in [0.15, 0.2) is 5.60 Å². The zero-order valence-corrected chi connectivity index (χ0v) is 21.7. The first kappa shape index (κ1) is 24.4. The van der Waals surface area contributed by atoms with Crippen LogP contribution in [0.2, 0.25) is 0 Å². The zero-order chi connectivity index (χ0) is 27.0. The number of pyridine rings is 1. The van der Waals surface area contributed by atoms with Gasteiger partial charge in [0.05, 0.1) is 52.7 Å². The molecule has 0 amide bonds. The quantitative estimate of drug-likeness (QED) is 0.395. The smallest absolute Gasteiger partial charge is 0.155 e. The minimum absolute atomic E-state index is 0.150. The van der Waals surface area contributed by atoms with Crippen molar-refractivity contribution in [3.63, 3.8) is 0 Å². The number of rotatable bonds is 4. The number of halogens is 2. The lowest BCUT2D eigenvalue weighted by Gasteiger charge is -2.56. The maximum Gasteiger partial charge on any atom is 0.155 e. The summed E-state index contributed by atoms with van der Waals surface area (Å²) in [6, 6.07) is 15.1. The standard InChI is InChI=1S/C30H27F2N5O2/c1-28(2)14-17-11-12-30(28,27-18(17)13-23(35-37-27)26-19(31)5-3-6-20(26)32)25-8-4-7-21(33-25)22-9-10-24(36-34-22)29(38)15-39-16-29/h3-10,13,17,38H,11-12,14-16H2,1-2H3/t17-,30+/m1/s1. The lowest BCUT2D eigenvalue weighted by molar-refractivity contribution is -0.187. The van der Waals surface area contributed by atoms with E-state index in [1.807, 2.05) is 30.3 Å². The number of aromatic nitrogens is 5. The van der Waals surface area contributed by atoms with Crippen molar-refractivity contribution in [2.75, 3.05) is 13.2 Å². The van der Waals surface area contributed by atoms with E-state index in [1.54, 1.807) is 6.07 Å². The Kier molecular flexibility index (Phi) is 5.25. The maximum absolute atomic E-state index is 14.6.